The van der Waals surface area contributed by atoms with E-state index in [1.807, 2.05) is 23.1 Å². The van der Waals surface area contributed by atoms with E-state index in [9.17, 15) is 4.79 Å². The Bertz CT molecular complexity index is 840. The second kappa shape index (κ2) is 6.77. The molecule has 1 aromatic carbocycles. The highest BCUT2D eigenvalue weighted by Gasteiger charge is 2.27. The highest BCUT2D eigenvalue weighted by Crippen LogP contribution is 2.39. The predicted molar refractivity (Wildman–Crippen MR) is 99.0 cm³/mol. The van der Waals surface area contributed by atoms with Gasteiger partial charge in [-0.05, 0) is 30.5 Å². The molecule has 2 aromatic rings. The lowest BCUT2D eigenvalue weighted by molar-refractivity contribution is 0.143. The lowest BCUT2D eigenvalue weighted by atomic mass is 10.1. The summed E-state index contributed by atoms with van der Waals surface area (Å²) in [7, 11) is 0. The molecule has 2 fully saturated rings. The van der Waals surface area contributed by atoms with Gasteiger partial charge in [0.1, 0.15) is 0 Å². The number of piperazine rings is 1. The van der Waals surface area contributed by atoms with Crippen molar-refractivity contribution in [3.63, 3.8) is 0 Å². The zero-order valence-electron chi connectivity index (χ0n) is 15.1. The number of aromatic nitrogens is 2. The van der Waals surface area contributed by atoms with Crippen LogP contribution in [0, 0.1) is 0 Å². The van der Waals surface area contributed by atoms with Crippen molar-refractivity contribution < 1.29 is 14.3 Å². The van der Waals surface area contributed by atoms with Crippen LogP contribution in [0.5, 0.6) is 11.5 Å². The van der Waals surface area contributed by atoms with E-state index in [-0.39, 0.29) is 6.03 Å². The largest absolute Gasteiger partial charge is 0.454 e. The first kappa shape index (κ1) is 16.4. The monoisotopic (exact) mass is 369 g/mol. The topological polar surface area (TPSA) is 82.7 Å². The number of urea groups is 1. The van der Waals surface area contributed by atoms with Gasteiger partial charge in [0.15, 0.2) is 17.3 Å². The number of fused-ring (bicyclic) bond motifs is 1. The third-order valence-corrected chi connectivity index (χ3v) is 5.35. The van der Waals surface area contributed by atoms with Crippen molar-refractivity contribution in [2.24, 2.45) is 0 Å². The highest BCUT2D eigenvalue weighted by molar-refractivity contribution is 5.88. The molecule has 142 valence electrons. The zero-order valence-corrected chi connectivity index (χ0v) is 15.1. The average Bonchev–Trinajstić information content (AvgIpc) is 3.25. The molecule has 1 aliphatic carbocycles. The summed E-state index contributed by atoms with van der Waals surface area (Å²) in [5.74, 6) is 2.84. The summed E-state index contributed by atoms with van der Waals surface area (Å²) >= 11 is 0. The van der Waals surface area contributed by atoms with Gasteiger partial charge in [-0.1, -0.05) is 6.07 Å². The number of hydrogen-bond acceptors (Lipinski definition) is 5. The maximum absolute atomic E-state index is 12.5. The van der Waals surface area contributed by atoms with E-state index in [0.29, 0.717) is 31.6 Å². The molecule has 0 spiro atoms. The minimum atomic E-state index is -0.0772. The highest BCUT2D eigenvalue weighted by atomic mass is 16.7. The van der Waals surface area contributed by atoms with Crippen LogP contribution in [0.3, 0.4) is 0 Å². The SMILES string of the molecule is O=C(Nc1cc(C2CC2)[nH]n1)N1CCN(Cc2ccc3c(c2)OCO3)CC1. The van der Waals surface area contributed by atoms with Crippen molar-refractivity contribution in [2.45, 2.75) is 25.3 Å². The lowest BCUT2D eigenvalue weighted by Crippen LogP contribution is -2.49. The standard InChI is InChI=1S/C19H23N5O3/c25-19(20-18-10-15(21-22-18)14-2-3-14)24-7-5-23(6-8-24)11-13-1-4-16-17(9-13)27-12-26-16/h1,4,9-10,14H,2-3,5-8,11-12H2,(H2,20,21,22,25). The van der Waals surface area contributed by atoms with Gasteiger partial charge in [-0.15, -0.1) is 0 Å². The number of amides is 2. The minimum Gasteiger partial charge on any atom is -0.454 e. The fourth-order valence-electron chi connectivity index (χ4n) is 3.60. The number of H-pyrrole nitrogens is 1. The van der Waals surface area contributed by atoms with E-state index in [2.05, 4.69) is 26.5 Å². The Balaban J connectivity index is 1.12. The summed E-state index contributed by atoms with van der Waals surface area (Å²) in [6.07, 6.45) is 2.42. The summed E-state index contributed by atoms with van der Waals surface area (Å²) in [6, 6.07) is 7.94. The summed E-state index contributed by atoms with van der Waals surface area (Å²) in [4.78, 5) is 16.7. The van der Waals surface area contributed by atoms with Gasteiger partial charge in [0.05, 0.1) is 0 Å². The fourth-order valence-corrected chi connectivity index (χ4v) is 3.60. The molecule has 2 aliphatic heterocycles. The van der Waals surface area contributed by atoms with Crippen molar-refractivity contribution in [3.05, 3.63) is 35.5 Å². The number of benzene rings is 1. The van der Waals surface area contributed by atoms with Crippen molar-refractivity contribution >= 4 is 11.8 Å². The molecule has 3 heterocycles. The smallest absolute Gasteiger partial charge is 0.323 e. The van der Waals surface area contributed by atoms with Gasteiger partial charge in [0.2, 0.25) is 6.79 Å². The van der Waals surface area contributed by atoms with E-state index < -0.39 is 0 Å². The summed E-state index contributed by atoms with van der Waals surface area (Å²) in [5.41, 5.74) is 2.32. The number of nitrogens with zero attached hydrogens (tertiary/aromatic N) is 3. The molecule has 0 radical (unpaired) electrons. The first-order valence-electron chi connectivity index (χ1n) is 9.47. The van der Waals surface area contributed by atoms with Gasteiger partial charge in [-0.3, -0.25) is 15.3 Å². The number of carbonyl (C=O) groups excluding carboxylic acids is 1. The molecule has 0 bridgehead atoms. The maximum atomic E-state index is 12.5. The molecule has 2 amide bonds. The second-order valence-electron chi connectivity index (χ2n) is 7.36. The molecule has 2 N–H and O–H groups in total. The molecule has 8 heteroatoms. The molecule has 8 nitrogen and oxygen atoms in total. The lowest BCUT2D eigenvalue weighted by Gasteiger charge is -2.34. The Labute approximate surface area is 157 Å². The summed E-state index contributed by atoms with van der Waals surface area (Å²) < 4.78 is 10.8. The molecule has 3 aliphatic rings. The van der Waals surface area contributed by atoms with Gasteiger partial charge in [0.25, 0.3) is 0 Å². The maximum Gasteiger partial charge on any atom is 0.323 e. The molecule has 5 rings (SSSR count). The zero-order chi connectivity index (χ0) is 18.2. The number of hydrogen-bond donors (Lipinski definition) is 2. The van der Waals surface area contributed by atoms with Crippen molar-refractivity contribution in [3.8, 4) is 11.5 Å². The number of carbonyl (C=O) groups is 1. The van der Waals surface area contributed by atoms with Crippen LogP contribution >= 0.6 is 0 Å². The van der Waals surface area contributed by atoms with E-state index in [0.717, 1.165) is 36.8 Å². The predicted octanol–water partition coefficient (Wildman–Crippen LogP) is 2.37. The van der Waals surface area contributed by atoms with Gasteiger partial charge in [-0.25, -0.2) is 4.79 Å². The molecule has 1 saturated heterocycles. The van der Waals surface area contributed by atoms with E-state index in [1.165, 1.54) is 18.4 Å². The molecule has 1 aromatic heterocycles. The molecular formula is C19H23N5O3. The van der Waals surface area contributed by atoms with Crippen molar-refractivity contribution in [1.29, 1.82) is 0 Å². The van der Waals surface area contributed by atoms with E-state index >= 15 is 0 Å². The molecule has 0 unspecified atom stereocenters. The van der Waals surface area contributed by atoms with Crippen LogP contribution in [0.2, 0.25) is 0 Å². The third-order valence-electron chi connectivity index (χ3n) is 5.35. The molecule has 0 atom stereocenters. The number of ether oxygens (including phenoxy) is 2. The number of nitrogens with one attached hydrogen (secondary N) is 2. The van der Waals surface area contributed by atoms with Crippen LogP contribution in [0.15, 0.2) is 24.3 Å². The van der Waals surface area contributed by atoms with Gasteiger partial charge in [-0.2, -0.15) is 5.10 Å². The summed E-state index contributed by atoms with van der Waals surface area (Å²) in [6.45, 7) is 4.24. The fraction of sp³-hybridized carbons (Fsp3) is 0.474. The van der Waals surface area contributed by atoms with Crippen molar-refractivity contribution in [1.82, 2.24) is 20.0 Å². The number of anilines is 1. The first-order chi connectivity index (χ1) is 13.2. The van der Waals surface area contributed by atoms with Crippen LogP contribution in [0.25, 0.3) is 0 Å². The van der Waals surface area contributed by atoms with E-state index in [1.54, 1.807) is 0 Å². The van der Waals surface area contributed by atoms with Gasteiger partial charge < -0.3 is 14.4 Å². The minimum absolute atomic E-state index is 0.0772. The van der Waals surface area contributed by atoms with Crippen LogP contribution in [-0.2, 0) is 6.54 Å². The summed E-state index contributed by atoms with van der Waals surface area (Å²) in [5, 5.41) is 10.1. The Hall–Kier alpha value is -2.74. The van der Waals surface area contributed by atoms with Crippen LogP contribution in [-0.4, -0.2) is 59.0 Å². The van der Waals surface area contributed by atoms with Crippen LogP contribution < -0.4 is 14.8 Å². The van der Waals surface area contributed by atoms with Crippen LogP contribution in [0.1, 0.15) is 30.0 Å². The van der Waals surface area contributed by atoms with Gasteiger partial charge in [0, 0.05) is 50.4 Å². The van der Waals surface area contributed by atoms with Crippen molar-refractivity contribution in [2.75, 3.05) is 38.3 Å². The molecular weight excluding hydrogens is 346 g/mol. The molecule has 27 heavy (non-hydrogen) atoms. The van der Waals surface area contributed by atoms with Crippen LogP contribution in [0.4, 0.5) is 10.6 Å². The average molecular weight is 369 g/mol. The first-order valence-corrected chi connectivity index (χ1v) is 9.47. The quantitative estimate of drug-likeness (QED) is 0.865. The second-order valence-corrected chi connectivity index (χ2v) is 7.36. The Morgan fingerprint density at radius 1 is 1.15 bits per heavy atom. The Kier molecular flexibility index (Phi) is 4.12. The van der Waals surface area contributed by atoms with E-state index in [4.69, 9.17) is 9.47 Å². The Morgan fingerprint density at radius 2 is 1.96 bits per heavy atom. The van der Waals surface area contributed by atoms with Gasteiger partial charge >= 0.3 is 6.03 Å². The number of aromatic amines is 1. The Morgan fingerprint density at radius 3 is 2.78 bits per heavy atom. The normalized spacial score (nSPS) is 19.3. The number of rotatable bonds is 4. The molecule has 1 saturated carbocycles. The third kappa shape index (κ3) is 3.57.